The highest BCUT2D eigenvalue weighted by molar-refractivity contribution is 6.36. The number of ether oxygens (including phenoxy) is 1. The van der Waals surface area contributed by atoms with Gasteiger partial charge in [-0.1, -0.05) is 53.5 Å². The lowest BCUT2D eigenvalue weighted by atomic mass is 10.1. The van der Waals surface area contributed by atoms with Crippen molar-refractivity contribution in [3.63, 3.8) is 0 Å². The second-order valence-corrected chi connectivity index (χ2v) is 10.4. The summed E-state index contributed by atoms with van der Waals surface area (Å²) < 4.78 is 22.5. The fraction of sp³-hybridized carbons (Fsp3) is 0.276. The van der Waals surface area contributed by atoms with Gasteiger partial charge in [-0.05, 0) is 56.6 Å². The lowest BCUT2D eigenvalue weighted by molar-refractivity contribution is -0.117. The van der Waals surface area contributed by atoms with Crippen LogP contribution in [0.4, 0.5) is 10.2 Å². The minimum absolute atomic E-state index is 0.135. The molecule has 5 rings (SSSR count). The first-order valence-electron chi connectivity index (χ1n) is 13.0. The molecule has 0 bridgehead atoms. The minimum atomic E-state index is -0.928. The first-order chi connectivity index (χ1) is 19.3. The zero-order chi connectivity index (χ0) is 28.2. The number of rotatable bonds is 8. The Kier molecular flexibility index (Phi) is 8.66. The summed E-state index contributed by atoms with van der Waals surface area (Å²) in [6.45, 7) is 3.58. The molecule has 2 aromatic heterocycles. The quantitative estimate of drug-likeness (QED) is 0.217. The number of anilines is 1. The van der Waals surface area contributed by atoms with E-state index in [0.29, 0.717) is 11.6 Å². The Morgan fingerprint density at radius 2 is 1.90 bits per heavy atom. The summed E-state index contributed by atoms with van der Waals surface area (Å²) in [5.74, 6) is -0.688. The molecule has 0 aliphatic carbocycles. The maximum Gasteiger partial charge on any atom is 0.247 e. The van der Waals surface area contributed by atoms with E-state index in [1.807, 2.05) is 29.1 Å². The first kappa shape index (κ1) is 28.0. The molecule has 0 saturated carbocycles. The van der Waals surface area contributed by atoms with Gasteiger partial charge in [0.15, 0.2) is 11.6 Å². The molecule has 40 heavy (non-hydrogen) atoms. The lowest BCUT2D eigenvalue weighted by Crippen LogP contribution is -2.29. The minimum Gasteiger partial charge on any atom is -0.482 e. The Labute approximate surface area is 241 Å². The van der Waals surface area contributed by atoms with Gasteiger partial charge >= 0.3 is 0 Å². The molecule has 1 aliphatic rings. The third-order valence-corrected chi connectivity index (χ3v) is 7.66. The van der Waals surface area contributed by atoms with Gasteiger partial charge in [-0.15, -0.1) is 0 Å². The molecular weight excluding hydrogens is 554 g/mol. The number of aromatic nitrogens is 3. The fourth-order valence-electron chi connectivity index (χ4n) is 4.72. The molecule has 3 heterocycles. The van der Waals surface area contributed by atoms with Crippen LogP contribution in [0.3, 0.4) is 0 Å². The van der Waals surface area contributed by atoms with E-state index in [0.717, 1.165) is 37.1 Å². The van der Waals surface area contributed by atoms with E-state index in [4.69, 9.17) is 33.7 Å². The largest absolute Gasteiger partial charge is 0.482 e. The Hall–Kier alpha value is -3.50. The van der Waals surface area contributed by atoms with Crippen LogP contribution in [0.1, 0.15) is 49.1 Å². The van der Waals surface area contributed by atoms with Crippen LogP contribution in [0.5, 0.6) is 5.75 Å². The van der Waals surface area contributed by atoms with Crippen molar-refractivity contribution >= 4 is 34.9 Å². The molecule has 0 radical (unpaired) electrons. The molecule has 11 heteroatoms. The average Bonchev–Trinajstić information content (AvgIpc) is 3.47. The number of hydrogen-bond donors (Lipinski definition) is 3. The van der Waals surface area contributed by atoms with Gasteiger partial charge in [-0.2, -0.15) is 5.10 Å². The van der Waals surface area contributed by atoms with Crippen molar-refractivity contribution in [3.05, 3.63) is 94.1 Å². The van der Waals surface area contributed by atoms with Gasteiger partial charge in [0.1, 0.15) is 18.0 Å². The number of nitrogens with one attached hydrogen (secondary N) is 2. The monoisotopic (exact) mass is 582 g/mol. The van der Waals surface area contributed by atoms with Gasteiger partial charge < -0.3 is 21.1 Å². The fourth-order valence-corrected chi connectivity index (χ4v) is 5.39. The molecule has 208 valence electrons. The number of benzene rings is 2. The summed E-state index contributed by atoms with van der Waals surface area (Å²) in [6, 6.07) is 12.8. The zero-order valence-corrected chi connectivity index (χ0v) is 23.3. The summed E-state index contributed by atoms with van der Waals surface area (Å²) in [7, 11) is 0. The van der Waals surface area contributed by atoms with Crippen LogP contribution in [0.2, 0.25) is 10.0 Å². The van der Waals surface area contributed by atoms with E-state index in [2.05, 4.69) is 20.7 Å². The van der Waals surface area contributed by atoms with Crippen LogP contribution in [0, 0.1) is 5.82 Å². The normalized spacial score (nSPS) is 15.4. The molecular formula is C29H29Cl2FN6O2. The topological polar surface area (TPSA) is 107 Å². The van der Waals surface area contributed by atoms with Crippen LogP contribution >= 0.6 is 23.2 Å². The highest BCUT2D eigenvalue weighted by Gasteiger charge is 2.24. The van der Waals surface area contributed by atoms with Gasteiger partial charge in [0.25, 0.3) is 0 Å². The Bertz CT molecular complexity index is 1490. The molecule has 8 nitrogen and oxygen atoms in total. The SMILES string of the molecule is C[C@@H](Oc1cc(-c2cnn(C3CCNCC3)c2)cnc1NC(=O)[C@H](N)c1ccccc1)c1c(Cl)ccc(F)c1Cl. The molecule has 2 aromatic carbocycles. The molecule has 4 N–H and O–H groups in total. The molecule has 1 saturated heterocycles. The molecule has 4 aromatic rings. The highest BCUT2D eigenvalue weighted by atomic mass is 35.5. The summed E-state index contributed by atoms with van der Waals surface area (Å²) in [5.41, 5.74) is 8.70. The predicted octanol–water partition coefficient (Wildman–Crippen LogP) is 6.09. The van der Waals surface area contributed by atoms with E-state index < -0.39 is 23.9 Å². The lowest BCUT2D eigenvalue weighted by Gasteiger charge is -2.22. The molecule has 1 aliphatic heterocycles. The summed E-state index contributed by atoms with van der Waals surface area (Å²) in [5, 5.41) is 10.8. The number of piperidine rings is 1. The smallest absolute Gasteiger partial charge is 0.247 e. The van der Waals surface area contributed by atoms with Crippen molar-refractivity contribution in [2.24, 2.45) is 5.73 Å². The zero-order valence-electron chi connectivity index (χ0n) is 21.8. The number of hydrogen-bond acceptors (Lipinski definition) is 6. The van der Waals surface area contributed by atoms with Gasteiger partial charge in [-0.25, -0.2) is 9.37 Å². The number of halogens is 3. The van der Waals surface area contributed by atoms with Crippen molar-refractivity contribution in [2.75, 3.05) is 18.4 Å². The summed E-state index contributed by atoms with van der Waals surface area (Å²) in [6.07, 6.45) is 6.59. The Balaban J connectivity index is 1.47. The second kappa shape index (κ2) is 12.3. The van der Waals surface area contributed by atoms with Crippen LogP contribution < -0.4 is 21.1 Å². The van der Waals surface area contributed by atoms with Crippen molar-refractivity contribution in [2.45, 2.75) is 38.0 Å². The number of amides is 1. The molecule has 1 amide bonds. The van der Waals surface area contributed by atoms with Crippen LogP contribution in [0.15, 0.2) is 67.1 Å². The number of pyridine rings is 1. The van der Waals surface area contributed by atoms with Crippen LogP contribution in [-0.2, 0) is 4.79 Å². The summed E-state index contributed by atoms with van der Waals surface area (Å²) in [4.78, 5) is 17.6. The molecule has 1 fully saturated rings. The van der Waals surface area contributed by atoms with E-state index in [9.17, 15) is 9.18 Å². The number of carbonyl (C=O) groups is 1. The van der Waals surface area contributed by atoms with Crippen molar-refractivity contribution < 1.29 is 13.9 Å². The maximum atomic E-state index is 14.3. The second-order valence-electron chi connectivity index (χ2n) is 9.66. The molecule has 0 unspecified atom stereocenters. The number of carbonyl (C=O) groups excluding carboxylic acids is 1. The Morgan fingerprint density at radius 1 is 1.15 bits per heavy atom. The van der Waals surface area contributed by atoms with E-state index in [1.54, 1.807) is 37.5 Å². The molecule has 0 spiro atoms. The maximum absolute atomic E-state index is 14.3. The third-order valence-electron chi connectivity index (χ3n) is 6.94. The molecule has 2 atom stereocenters. The van der Waals surface area contributed by atoms with Gasteiger partial charge in [0.05, 0.1) is 17.3 Å². The first-order valence-corrected chi connectivity index (χ1v) is 13.7. The Morgan fingerprint density at radius 3 is 2.65 bits per heavy atom. The third kappa shape index (κ3) is 6.13. The standard InChI is InChI=1S/C29H29Cl2FN6O2/c1-17(25-22(30)7-8-23(32)26(25)31)40-24-13-19(20-15-36-38(16-20)21-9-11-34-12-10-21)14-35-28(24)37-29(39)27(33)18-5-3-2-4-6-18/h2-8,13-17,21,27,34H,9-12,33H2,1H3,(H,35,37,39)/t17-,27-/m1/s1. The average molecular weight is 583 g/mol. The van der Waals surface area contributed by atoms with Gasteiger partial charge in [0.2, 0.25) is 5.91 Å². The van der Waals surface area contributed by atoms with E-state index >= 15 is 0 Å². The van der Waals surface area contributed by atoms with Gasteiger partial charge in [0, 0.05) is 34.1 Å². The van der Waals surface area contributed by atoms with Crippen LogP contribution in [-0.4, -0.2) is 33.8 Å². The predicted molar refractivity (Wildman–Crippen MR) is 154 cm³/mol. The van der Waals surface area contributed by atoms with Crippen LogP contribution in [0.25, 0.3) is 11.1 Å². The van der Waals surface area contributed by atoms with Crippen molar-refractivity contribution in [1.29, 1.82) is 0 Å². The highest BCUT2D eigenvalue weighted by Crippen LogP contribution is 2.38. The van der Waals surface area contributed by atoms with Crippen molar-refractivity contribution in [1.82, 2.24) is 20.1 Å². The van der Waals surface area contributed by atoms with E-state index in [1.165, 1.54) is 12.1 Å². The van der Waals surface area contributed by atoms with Gasteiger partial charge in [-0.3, -0.25) is 9.48 Å². The number of nitrogens with zero attached hydrogens (tertiary/aromatic N) is 3. The van der Waals surface area contributed by atoms with E-state index in [-0.39, 0.29) is 27.2 Å². The van der Waals surface area contributed by atoms with Crippen molar-refractivity contribution in [3.8, 4) is 16.9 Å². The number of nitrogens with two attached hydrogens (primary N) is 1. The summed E-state index contributed by atoms with van der Waals surface area (Å²) >= 11 is 12.6.